The van der Waals surface area contributed by atoms with Gasteiger partial charge in [-0.1, -0.05) is 60.7 Å². The van der Waals surface area contributed by atoms with E-state index in [-0.39, 0.29) is 12.2 Å². The smallest absolute Gasteiger partial charge is 0.328 e. The Hall–Kier alpha value is -3.79. The van der Waals surface area contributed by atoms with Crippen molar-refractivity contribution < 1.29 is 24.5 Å². The zero-order valence-corrected chi connectivity index (χ0v) is 19.5. The lowest BCUT2D eigenvalue weighted by molar-refractivity contribution is -0.131. The summed E-state index contributed by atoms with van der Waals surface area (Å²) < 4.78 is 13.3. The van der Waals surface area contributed by atoms with Gasteiger partial charge >= 0.3 is 11.7 Å². The first-order valence-corrected chi connectivity index (χ1v) is 11.6. The van der Waals surface area contributed by atoms with Crippen LogP contribution in [-0.4, -0.2) is 44.5 Å². The fourth-order valence-corrected chi connectivity index (χ4v) is 4.42. The number of nitrogens with zero attached hydrogens (tertiary/aromatic N) is 1. The number of ether oxygens (including phenoxy) is 2. The molecule has 3 N–H and O–H groups in total. The minimum absolute atomic E-state index is 0.00488. The van der Waals surface area contributed by atoms with E-state index in [2.05, 4.69) is 4.98 Å². The number of nitrogens with one attached hydrogen (secondary N) is 1. The Morgan fingerprint density at radius 2 is 1.67 bits per heavy atom. The van der Waals surface area contributed by atoms with Gasteiger partial charge in [-0.3, -0.25) is 14.3 Å². The molecule has 1 aliphatic carbocycles. The first kappa shape index (κ1) is 25.3. The van der Waals surface area contributed by atoms with Crippen LogP contribution in [0.15, 0.2) is 82.5 Å². The second kappa shape index (κ2) is 11.8. The van der Waals surface area contributed by atoms with Crippen LogP contribution >= 0.6 is 0 Å². The van der Waals surface area contributed by atoms with E-state index in [1.807, 2.05) is 60.7 Å². The third-order valence-corrected chi connectivity index (χ3v) is 6.27. The first-order chi connectivity index (χ1) is 17.4. The van der Waals surface area contributed by atoms with Gasteiger partial charge < -0.3 is 19.7 Å². The van der Waals surface area contributed by atoms with Crippen molar-refractivity contribution in [3.05, 3.63) is 110 Å². The predicted octanol–water partition coefficient (Wildman–Crippen LogP) is 2.36. The Labute approximate surface area is 207 Å². The van der Waals surface area contributed by atoms with Crippen LogP contribution < -0.4 is 11.2 Å². The van der Waals surface area contributed by atoms with Crippen LogP contribution in [0.3, 0.4) is 0 Å². The average Bonchev–Trinajstić information content (AvgIpc) is 3.18. The highest BCUT2D eigenvalue weighted by Gasteiger charge is 2.44. The summed E-state index contributed by atoms with van der Waals surface area (Å²) in [5.74, 6) is -1.66. The molecule has 1 fully saturated rings. The molecule has 2 aromatic carbocycles. The van der Waals surface area contributed by atoms with E-state index in [1.165, 1.54) is 10.8 Å². The molecule has 3 aromatic rings. The van der Waals surface area contributed by atoms with E-state index in [1.54, 1.807) is 0 Å². The van der Waals surface area contributed by atoms with Crippen LogP contribution in [0.5, 0.6) is 0 Å². The molecule has 0 spiro atoms. The van der Waals surface area contributed by atoms with E-state index in [0.717, 1.165) is 23.3 Å². The Kier molecular flexibility index (Phi) is 8.27. The lowest BCUT2D eigenvalue weighted by Gasteiger charge is -2.23. The van der Waals surface area contributed by atoms with Crippen molar-refractivity contribution in [3.8, 4) is 0 Å². The molecule has 9 heteroatoms. The normalized spacial score (nSPS) is 21.7. The second-order valence-corrected chi connectivity index (χ2v) is 8.72. The van der Waals surface area contributed by atoms with Crippen LogP contribution in [0.25, 0.3) is 6.08 Å². The number of hydrogen-bond donors (Lipinski definition) is 3. The minimum Gasteiger partial charge on any atom is -0.478 e. The molecule has 0 aliphatic heterocycles. The van der Waals surface area contributed by atoms with Gasteiger partial charge in [0, 0.05) is 18.2 Å². The highest BCUT2D eigenvalue weighted by molar-refractivity contribution is 5.85. The monoisotopic (exact) mass is 492 g/mol. The van der Waals surface area contributed by atoms with Gasteiger partial charge in [-0.05, 0) is 23.6 Å². The summed E-state index contributed by atoms with van der Waals surface area (Å²) in [5, 5.41) is 20.1. The number of carboxylic acid groups (broad SMARTS) is 1. The summed E-state index contributed by atoms with van der Waals surface area (Å²) in [6.07, 6.45) is 2.09. The number of carbonyl (C=O) groups is 1. The zero-order chi connectivity index (χ0) is 25.5. The molecule has 4 rings (SSSR count). The van der Waals surface area contributed by atoms with Gasteiger partial charge in [0.2, 0.25) is 0 Å². The van der Waals surface area contributed by atoms with Gasteiger partial charge in [0.1, 0.15) is 0 Å². The number of hydrogen-bond acceptors (Lipinski definition) is 6. The van der Waals surface area contributed by atoms with E-state index in [4.69, 9.17) is 14.6 Å². The van der Waals surface area contributed by atoms with Crippen molar-refractivity contribution in [1.82, 2.24) is 9.55 Å². The van der Waals surface area contributed by atoms with Crippen LogP contribution in [0.2, 0.25) is 0 Å². The van der Waals surface area contributed by atoms with Gasteiger partial charge in [-0.2, -0.15) is 0 Å². The molecule has 4 atom stereocenters. The molecule has 1 aliphatic rings. The summed E-state index contributed by atoms with van der Waals surface area (Å²) >= 11 is 0. The van der Waals surface area contributed by atoms with Crippen molar-refractivity contribution in [3.63, 3.8) is 0 Å². The van der Waals surface area contributed by atoms with E-state index < -0.39 is 41.4 Å². The fraction of sp³-hybridized carbons (Fsp3) is 0.296. The average molecular weight is 493 g/mol. The van der Waals surface area contributed by atoms with Gasteiger partial charge in [0.25, 0.3) is 5.56 Å². The Morgan fingerprint density at radius 1 is 1.03 bits per heavy atom. The van der Waals surface area contributed by atoms with Crippen LogP contribution in [0.4, 0.5) is 0 Å². The Balaban J connectivity index is 1.56. The van der Waals surface area contributed by atoms with E-state index >= 15 is 0 Å². The highest BCUT2D eigenvalue weighted by Crippen LogP contribution is 2.37. The summed E-state index contributed by atoms with van der Waals surface area (Å²) in [7, 11) is 0. The highest BCUT2D eigenvalue weighted by atomic mass is 16.5. The van der Waals surface area contributed by atoms with E-state index in [0.29, 0.717) is 19.6 Å². The number of benzene rings is 2. The molecular weight excluding hydrogens is 464 g/mol. The van der Waals surface area contributed by atoms with Crippen LogP contribution in [-0.2, 0) is 27.5 Å². The third-order valence-electron chi connectivity index (χ3n) is 6.27. The summed E-state index contributed by atoms with van der Waals surface area (Å²) in [4.78, 5) is 37.9. The predicted molar refractivity (Wildman–Crippen MR) is 132 cm³/mol. The molecule has 36 heavy (non-hydrogen) atoms. The van der Waals surface area contributed by atoms with Crippen LogP contribution in [0.1, 0.15) is 29.2 Å². The molecular formula is C27H28N2O7. The van der Waals surface area contributed by atoms with Gasteiger partial charge in [-0.25, -0.2) is 9.59 Å². The summed E-state index contributed by atoms with van der Waals surface area (Å²) in [5.41, 5.74) is 0.566. The Morgan fingerprint density at radius 3 is 2.31 bits per heavy atom. The Bertz CT molecular complexity index is 1300. The maximum Gasteiger partial charge on any atom is 0.328 e. The van der Waals surface area contributed by atoms with Gasteiger partial charge in [0.15, 0.2) is 0 Å². The quantitative estimate of drug-likeness (QED) is 0.370. The molecule has 0 radical (unpaired) electrons. The number of aromatic amines is 1. The fourth-order valence-electron chi connectivity index (χ4n) is 4.42. The maximum absolute atomic E-state index is 12.6. The molecule has 1 heterocycles. The maximum atomic E-state index is 12.6. The zero-order valence-electron chi connectivity index (χ0n) is 19.5. The number of aliphatic hydroxyl groups excluding tert-OH is 1. The summed E-state index contributed by atoms with van der Waals surface area (Å²) in [6, 6.07) is 18.6. The molecule has 9 nitrogen and oxygen atoms in total. The number of aromatic nitrogens is 2. The van der Waals surface area contributed by atoms with Crippen molar-refractivity contribution in [2.75, 3.05) is 6.61 Å². The first-order valence-electron chi connectivity index (χ1n) is 11.6. The molecule has 1 saturated carbocycles. The number of aliphatic hydroxyl groups is 1. The lowest BCUT2D eigenvalue weighted by atomic mass is 10.0. The van der Waals surface area contributed by atoms with Gasteiger partial charge in [0.05, 0.1) is 43.6 Å². The van der Waals surface area contributed by atoms with Crippen molar-refractivity contribution in [2.24, 2.45) is 5.92 Å². The number of H-pyrrole nitrogens is 1. The summed E-state index contributed by atoms with van der Waals surface area (Å²) in [6.45, 7) is 0.895. The molecule has 0 saturated heterocycles. The molecule has 0 bridgehead atoms. The topological polar surface area (TPSA) is 131 Å². The third kappa shape index (κ3) is 6.25. The van der Waals surface area contributed by atoms with Crippen molar-refractivity contribution in [1.29, 1.82) is 0 Å². The van der Waals surface area contributed by atoms with Crippen molar-refractivity contribution >= 4 is 12.0 Å². The second-order valence-electron chi connectivity index (χ2n) is 8.72. The standard InChI is InChI=1S/C27H28N2O7/c30-24(31)12-11-20-14-29(27(34)28-26(20)33)22-13-23(36-16-19-9-5-2-6-10-19)21(25(22)32)17-35-15-18-7-3-1-4-8-18/h1-12,14,21-23,25,32H,13,15-17H2,(H,30,31)(H,28,33,34)/b12-11+/t21-,22+,23+,25+/m1/s1. The largest absolute Gasteiger partial charge is 0.478 e. The molecule has 1 aromatic heterocycles. The number of aliphatic carboxylic acids is 1. The molecule has 0 unspecified atom stereocenters. The van der Waals surface area contributed by atoms with Crippen molar-refractivity contribution in [2.45, 2.75) is 37.9 Å². The molecule has 0 amide bonds. The minimum atomic E-state index is -1.22. The van der Waals surface area contributed by atoms with Crippen LogP contribution in [0, 0.1) is 5.92 Å². The number of carboxylic acids is 1. The van der Waals surface area contributed by atoms with E-state index in [9.17, 15) is 19.5 Å². The number of rotatable bonds is 10. The molecule has 188 valence electrons. The SMILES string of the molecule is O=C(O)/C=C/c1cn([C@H]2C[C@H](OCc3ccccc3)[C@@H](COCc3ccccc3)[C@@H]2O)c(=O)[nH]c1=O. The lowest BCUT2D eigenvalue weighted by Crippen LogP contribution is -2.37. The van der Waals surface area contributed by atoms with Gasteiger partial charge in [-0.15, -0.1) is 0 Å².